The van der Waals surface area contributed by atoms with Crippen molar-refractivity contribution in [2.45, 2.75) is 42.1 Å². The summed E-state index contributed by atoms with van der Waals surface area (Å²) in [6, 6.07) is 10.3. The van der Waals surface area contributed by atoms with Crippen molar-refractivity contribution in [3.63, 3.8) is 0 Å². The summed E-state index contributed by atoms with van der Waals surface area (Å²) in [6.45, 7) is 1.27. The van der Waals surface area contributed by atoms with Crippen molar-refractivity contribution in [2.75, 3.05) is 6.61 Å². The van der Waals surface area contributed by atoms with Gasteiger partial charge < -0.3 is 9.30 Å². The maximum atomic E-state index is 11.7. The van der Waals surface area contributed by atoms with Gasteiger partial charge in [0.25, 0.3) is 0 Å². The second-order valence-electron chi connectivity index (χ2n) is 5.75. The van der Waals surface area contributed by atoms with E-state index in [0.29, 0.717) is 12.5 Å². The van der Waals surface area contributed by atoms with Gasteiger partial charge in [0.05, 0.1) is 13.2 Å². The Kier molecular flexibility index (Phi) is 3.62. The van der Waals surface area contributed by atoms with Crippen LogP contribution >= 0.6 is 11.8 Å². The van der Waals surface area contributed by atoms with E-state index in [1.807, 2.05) is 18.2 Å². The molecular formula is C16H17N3O2S. The summed E-state index contributed by atoms with van der Waals surface area (Å²) < 4.78 is 7.22. The zero-order valence-electron chi connectivity index (χ0n) is 12.1. The highest BCUT2D eigenvalue weighted by Gasteiger charge is 2.33. The van der Waals surface area contributed by atoms with E-state index in [2.05, 4.69) is 26.9 Å². The minimum atomic E-state index is -0.147. The number of esters is 1. The van der Waals surface area contributed by atoms with Crippen molar-refractivity contribution in [1.82, 2.24) is 14.8 Å². The van der Waals surface area contributed by atoms with Crippen LogP contribution in [0.1, 0.15) is 36.6 Å². The number of ether oxygens (including phenoxy) is 1. The molecule has 4 rings (SSSR count). The highest BCUT2D eigenvalue weighted by molar-refractivity contribution is 8.00. The SMILES string of the molecule is O=C1OCC[C@@H]1Sc1nnc(C2CC2)n1Cc1ccccc1. The average Bonchev–Trinajstić information content (AvgIpc) is 3.20. The van der Waals surface area contributed by atoms with Crippen LogP contribution in [0.2, 0.25) is 0 Å². The van der Waals surface area contributed by atoms with Crippen molar-refractivity contribution < 1.29 is 9.53 Å². The summed E-state index contributed by atoms with van der Waals surface area (Å²) in [5.74, 6) is 1.45. The highest BCUT2D eigenvalue weighted by atomic mass is 32.2. The van der Waals surface area contributed by atoms with Crippen molar-refractivity contribution in [3.8, 4) is 0 Å². The second kappa shape index (κ2) is 5.76. The van der Waals surface area contributed by atoms with Crippen molar-refractivity contribution >= 4 is 17.7 Å². The summed E-state index contributed by atoms with van der Waals surface area (Å²) in [7, 11) is 0. The number of aromatic nitrogens is 3. The minimum Gasteiger partial charge on any atom is -0.465 e. The van der Waals surface area contributed by atoms with Gasteiger partial charge in [0.2, 0.25) is 0 Å². The third-order valence-corrected chi connectivity index (χ3v) is 5.23. The molecule has 0 amide bonds. The molecule has 1 saturated heterocycles. The predicted molar refractivity (Wildman–Crippen MR) is 82.8 cm³/mol. The van der Waals surface area contributed by atoms with Crippen LogP contribution in [0.4, 0.5) is 0 Å². The molecule has 0 bridgehead atoms. The first-order valence-corrected chi connectivity index (χ1v) is 8.49. The zero-order chi connectivity index (χ0) is 14.9. The van der Waals surface area contributed by atoms with Crippen LogP contribution in [-0.2, 0) is 16.1 Å². The summed E-state index contributed by atoms with van der Waals surface area (Å²) >= 11 is 1.49. The number of carbonyl (C=O) groups is 1. The Bertz CT molecular complexity index is 682. The molecule has 0 spiro atoms. The standard InChI is InChI=1S/C16H17N3O2S/c20-15-13(8-9-21-15)22-16-18-17-14(12-6-7-12)19(16)10-11-4-2-1-3-5-11/h1-5,12-13H,6-10H2/t13-/m0/s1. The molecule has 5 nitrogen and oxygen atoms in total. The van der Waals surface area contributed by atoms with Crippen LogP contribution in [0.5, 0.6) is 0 Å². The number of hydrogen-bond acceptors (Lipinski definition) is 5. The Morgan fingerprint density at radius 3 is 2.68 bits per heavy atom. The monoisotopic (exact) mass is 315 g/mol. The number of rotatable bonds is 5. The summed E-state index contributed by atoms with van der Waals surface area (Å²) in [4.78, 5) is 11.7. The Balaban J connectivity index is 1.61. The molecule has 1 saturated carbocycles. The fourth-order valence-corrected chi connectivity index (χ4v) is 3.66. The highest BCUT2D eigenvalue weighted by Crippen LogP contribution is 2.41. The van der Waals surface area contributed by atoms with Crippen LogP contribution in [0.15, 0.2) is 35.5 Å². The minimum absolute atomic E-state index is 0.132. The maximum Gasteiger partial charge on any atom is 0.319 e. The van der Waals surface area contributed by atoms with E-state index in [1.165, 1.54) is 30.2 Å². The number of benzene rings is 1. The summed E-state index contributed by atoms with van der Waals surface area (Å²) in [5.41, 5.74) is 1.22. The molecule has 1 aliphatic heterocycles. The Labute approximate surface area is 133 Å². The molecule has 1 atom stereocenters. The van der Waals surface area contributed by atoms with E-state index in [0.717, 1.165) is 23.9 Å². The zero-order valence-corrected chi connectivity index (χ0v) is 13.0. The first kappa shape index (κ1) is 13.8. The van der Waals surface area contributed by atoms with Crippen LogP contribution in [0.3, 0.4) is 0 Å². The lowest BCUT2D eigenvalue weighted by atomic mass is 10.2. The van der Waals surface area contributed by atoms with Gasteiger partial charge in [-0.3, -0.25) is 4.79 Å². The molecule has 22 heavy (non-hydrogen) atoms. The molecule has 1 aromatic carbocycles. The molecule has 2 aliphatic rings. The topological polar surface area (TPSA) is 57.0 Å². The molecule has 2 heterocycles. The maximum absolute atomic E-state index is 11.7. The summed E-state index contributed by atoms with van der Waals surface area (Å²) in [6.07, 6.45) is 3.12. The van der Waals surface area contributed by atoms with E-state index in [-0.39, 0.29) is 11.2 Å². The van der Waals surface area contributed by atoms with Gasteiger partial charge in [-0.1, -0.05) is 42.1 Å². The van der Waals surface area contributed by atoms with E-state index in [4.69, 9.17) is 4.74 Å². The van der Waals surface area contributed by atoms with E-state index >= 15 is 0 Å². The van der Waals surface area contributed by atoms with Gasteiger partial charge in [0.15, 0.2) is 5.16 Å². The van der Waals surface area contributed by atoms with Gasteiger partial charge in [0, 0.05) is 12.3 Å². The third-order valence-electron chi connectivity index (χ3n) is 4.01. The number of thioether (sulfide) groups is 1. The van der Waals surface area contributed by atoms with E-state index in [1.54, 1.807) is 0 Å². The molecule has 0 radical (unpaired) electrons. The lowest BCUT2D eigenvalue weighted by Crippen LogP contribution is -2.12. The van der Waals surface area contributed by atoms with Gasteiger partial charge in [-0.25, -0.2) is 0 Å². The molecule has 2 fully saturated rings. The quantitative estimate of drug-likeness (QED) is 0.794. The number of hydrogen-bond donors (Lipinski definition) is 0. The van der Waals surface area contributed by atoms with E-state index in [9.17, 15) is 4.79 Å². The first-order chi connectivity index (χ1) is 10.8. The number of carbonyl (C=O) groups excluding carboxylic acids is 1. The fraction of sp³-hybridized carbons (Fsp3) is 0.438. The average molecular weight is 315 g/mol. The van der Waals surface area contributed by atoms with Gasteiger partial charge in [-0.05, 0) is 18.4 Å². The van der Waals surface area contributed by atoms with Gasteiger partial charge in [0.1, 0.15) is 11.1 Å². The van der Waals surface area contributed by atoms with Crippen LogP contribution in [0.25, 0.3) is 0 Å². The molecule has 2 aromatic rings. The smallest absolute Gasteiger partial charge is 0.319 e. The van der Waals surface area contributed by atoms with Crippen LogP contribution < -0.4 is 0 Å². The lowest BCUT2D eigenvalue weighted by Gasteiger charge is -2.11. The van der Waals surface area contributed by atoms with Crippen molar-refractivity contribution in [1.29, 1.82) is 0 Å². The molecule has 6 heteroatoms. The Morgan fingerprint density at radius 1 is 1.18 bits per heavy atom. The molecule has 114 valence electrons. The second-order valence-corrected chi connectivity index (χ2v) is 6.92. The van der Waals surface area contributed by atoms with Gasteiger partial charge in [-0.15, -0.1) is 10.2 Å². The number of nitrogens with zero attached hydrogens (tertiary/aromatic N) is 3. The Hall–Kier alpha value is -1.82. The van der Waals surface area contributed by atoms with E-state index < -0.39 is 0 Å². The molecular weight excluding hydrogens is 298 g/mol. The largest absolute Gasteiger partial charge is 0.465 e. The number of cyclic esters (lactones) is 1. The predicted octanol–water partition coefficient (Wildman–Crippen LogP) is 2.61. The first-order valence-electron chi connectivity index (χ1n) is 7.61. The van der Waals surface area contributed by atoms with Gasteiger partial charge >= 0.3 is 5.97 Å². The summed E-state index contributed by atoms with van der Waals surface area (Å²) in [5, 5.41) is 9.40. The molecule has 1 aromatic heterocycles. The van der Waals surface area contributed by atoms with Crippen molar-refractivity contribution in [2.24, 2.45) is 0 Å². The normalized spacial score (nSPS) is 21.1. The molecule has 1 aliphatic carbocycles. The molecule has 0 N–H and O–H groups in total. The lowest BCUT2D eigenvalue weighted by molar-refractivity contribution is -0.137. The fourth-order valence-electron chi connectivity index (χ4n) is 2.66. The van der Waals surface area contributed by atoms with Crippen LogP contribution in [-0.4, -0.2) is 32.6 Å². The van der Waals surface area contributed by atoms with Crippen LogP contribution in [0, 0.1) is 0 Å². The Morgan fingerprint density at radius 2 is 2.00 bits per heavy atom. The van der Waals surface area contributed by atoms with Gasteiger partial charge in [-0.2, -0.15) is 0 Å². The van der Waals surface area contributed by atoms with Crippen molar-refractivity contribution in [3.05, 3.63) is 41.7 Å². The molecule has 0 unspecified atom stereocenters. The third kappa shape index (κ3) is 2.75.